The van der Waals surface area contributed by atoms with Crippen LogP contribution in [0.3, 0.4) is 0 Å². The highest BCUT2D eigenvalue weighted by Crippen LogP contribution is 2.36. The number of unbranched alkanes of at least 4 members (excludes halogenated alkanes) is 2. The van der Waals surface area contributed by atoms with Crippen molar-refractivity contribution in [2.45, 2.75) is 32.1 Å². The molecular formula is C24H24ClNO4S. The number of aromatic carboxylic acids is 1. The number of carboxylic acid groups (broad SMARTS) is 1. The van der Waals surface area contributed by atoms with Crippen LogP contribution in [0, 0.1) is 0 Å². The molecule has 31 heavy (non-hydrogen) atoms. The Morgan fingerprint density at radius 1 is 1.03 bits per heavy atom. The van der Waals surface area contributed by atoms with Crippen molar-refractivity contribution in [3.63, 3.8) is 0 Å². The molecule has 0 aliphatic heterocycles. The Bertz CT molecular complexity index is 1120. The van der Waals surface area contributed by atoms with Gasteiger partial charge in [-0.2, -0.15) is 0 Å². The van der Waals surface area contributed by atoms with E-state index in [1.54, 1.807) is 12.1 Å². The van der Waals surface area contributed by atoms with Crippen molar-refractivity contribution >= 4 is 50.6 Å². The van der Waals surface area contributed by atoms with E-state index in [0.29, 0.717) is 27.4 Å². The molecule has 0 fully saturated rings. The molecule has 0 saturated heterocycles. The number of benzene rings is 2. The van der Waals surface area contributed by atoms with Crippen LogP contribution in [0.25, 0.3) is 10.1 Å². The van der Waals surface area contributed by atoms with Crippen molar-refractivity contribution in [1.82, 2.24) is 5.32 Å². The standard InChI is InChI=1S/C24H24ClNO4S/c1-26-12-6-2-3-8-19(27)16-11-10-15(18(13-16)24(29)30)14-20(28)23-22(25)17-7-4-5-9-21(17)31-23/h4-5,7,9-11,13,26H,2-3,6,8,12,14H2,1H3,(H,29,30). The zero-order chi connectivity index (χ0) is 22.4. The molecule has 7 heteroatoms. The summed E-state index contributed by atoms with van der Waals surface area (Å²) >= 11 is 7.69. The fourth-order valence-electron chi connectivity index (χ4n) is 3.46. The van der Waals surface area contributed by atoms with Crippen LogP contribution >= 0.6 is 22.9 Å². The first-order chi connectivity index (χ1) is 14.9. The molecule has 0 amide bonds. The average Bonchev–Trinajstić information content (AvgIpc) is 3.10. The first-order valence-electron chi connectivity index (χ1n) is 10.2. The van der Waals surface area contributed by atoms with E-state index in [9.17, 15) is 19.5 Å². The number of hydrogen-bond acceptors (Lipinski definition) is 5. The maximum absolute atomic E-state index is 12.9. The van der Waals surface area contributed by atoms with E-state index in [1.807, 2.05) is 31.3 Å². The molecule has 1 heterocycles. The van der Waals surface area contributed by atoms with Crippen molar-refractivity contribution in [1.29, 1.82) is 0 Å². The molecule has 0 aliphatic rings. The lowest BCUT2D eigenvalue weighted by molar-refractivity contribution is 0.0696. The monoisotopic (exact) mass is 457 g/mol. The molecule has 3 rings (SSSR count). The minimum Gasteiger partial charge on any atom is -0.478 e. The molecular weight excluding hydrogens is 434 g/mol. The summed E-state index contributed by atoms with van der Waals surface area (Å²) in [6, 6.07) is 12.0. The van der Waals surface area contributed by atoms with Gasteiger partial charge in [-0.3, -0.25) is 9.59 Å². The smallest absolute Gasteiger partial charge is 0.335 e. The van der Waals surface area contributed by atoms with Gasteiger partial charge in [0.05, 0.1) is 15.5 Å². The Hall–Kier alpha value is -2.54. The summed E-state index contributed by atoms with van der Waals surface area (Å²) in [6.45, 7) is 0.907. The first kappa shape index (κ1) is 23.1. The third kappa shape index (κ3) is 5.58. The molecule has 0 saturated carbocycles. The van der Waals surface area contributed by atoms with Gasteiger partial charge in [0.2, 0.25) is 0 Å². The van der Waals surface area contributed by atoms with Crippen LogP contribution in [0.15, 0.2) is 42.5 Å². The molecule has 162 valence electrons. The van der Waals surface area contributed by atoms with E-state index < -0.39 is 5.97 Å². The summed E-state index contributed by atoms with van der Waals surface area (Å²) in [6.07, 6.45) is 2.96. The fourth-order valence-corrected chi connectivity index (χ4v) is 4.93. The van der Waals surface area contributed by atoms with Crippen molar-refractivity contribution < 1.29 is 19.5 Å². The van der Waals surface area contributed by atoms with E-state index in [0.717, 1.165) is 35.9 Å². The highest BCUT2D eigenvalue weighted by Gasteiger charge is 2.21. The molecule has 3 aromatic rings. The zero-order valence-corrected chi connectivity index (χ0v) is 18.8. The lowest BCUT2D eigenvalue weighted by atomic mass is 9.96. The summed E-state index contributed by atoms with van der Waals surface area (Å²) in [4.78, 5) is 37.6. The third-order valence-corrected chi connectivity index (χ3v) is 6.85. The number of carboxylic acids is 1. The first-order valence-corrected chi connectivity index (χ1v) is 11.4. The maximum atomic E-state index is 12.9. The van der Waals surface area contributed by atoms with Crippen LogP contribution in [0.5, 0.6) is 0 Å². The largest absolute Gasteiger partial charge is 0.478 e. The summed E-state index contributed by atoms with van der Waals surface area (Å²) < 4.78 is 0.907. The van der Waals surface area contributed by atoms with Crippen LogP contribution in [-0.2, 0) is 6.42 Å². The number of Topliss-reactive ketones (excluding diaryl/α,β-unsaturated/α-hetero) is 2. The van der Waals surface area contributed by atoms with Gasteiger partial charge in [-0.1, -0.05) is 48.4 Å². The summed E-state index contributed by atoms with van der Waals surface area (Å²) in [7, 11) is 1.89. The molecule has 0 unspecified atom stereocenters. The molecule has 0 radical (unpaired) electrons. The van der Waals surface area contributed by atoms with Crippen molar-refractivity contribution in [3.8, 4) is 0 Å². The second-order valence-electron chi connectivity index (χ2n) is 7.36. The second-order valence-corrected chi connectivity index (χ2v) is 8.79. The Balaban J connectivity index is 1.76. The zero-order valence-electron chi connectivity index (χ0n) is 17.2. The van der Waals surface area contributed by atoms with Crippen LogP contribution < -0.4 is 5.32 Å². The fraction of sp³-hybridized carbons (Fsp3) is 0.292. The molecule has 2 aromatic carbocycles. The van der Waals surface area contributed by atoms with Crippen LogP contribution in [-0.4, -0.2) is 36.2 Å². The summed E-state index contributed by atoms with van der Waals surface area (Å²) in [5.74, 6) is -1.48. The van der Waals surface area contributed by atoms with Gasteiger partial charge in [-0.15, -0.1) is 11.3 Å². The van der Waals surface area contributed by atoms with E-state index in [2.05, 4.69) is 5.32 Å². The van der Waals surface area contributed by atoms with Crippen molar-refractivity contribution in [3.05, 3.63) is 69.1 Å². The highest BCUT2D eigenvalue weighted by atomic mass is 35.5. The number of fused-ring (bicyclic) bond motifs is 1. The Morgan fingerprint density at radius 2 is 1.81 bits per heavy atom. The van der Waals surface area contributed by atoms with E-state index in [-0.39, 0.29) is 23.6 Å². The predicted octanol–water partition coefficient (Wildman–Crippen LogP) is 5.64. The number of thiophene rings is 1. The lowest BCUT2D eigenvalue weighted by Gasteiger charge is -2.08. The van der Waals surface area contributed by atoms with Gasteiger partial charge in [0.1, 0.15) is 0 Å². The minimum atomic E-state index is -1.16. The van der Waals surface area contributed by atoms with Gasteiger partial charge in [-0.25, -0.2) is 4.79 Å². The summed E-state index contributed by atoms with van der Waals surface area (Å²) in [5, 5.41) is 13.9. The summed E-state index contributed by atoms with van der Waals surface area (Å²) in [5.41, 5.74) is 0.713. The van der Waals surface area contributed by atoms with Gasteiger partial charge >= 0.3 is 5.97 Å². The number of rotatable bonds is 11. The quantitative estimate of drug-likeness (QED) is 0.287. The molecule has 2 N–H and O–H groups in total. The second kappa shape index (κ2) is 10.7. The number of carbonyl (C=O) groups excluding carboxylic acids is 2. The number of hydrogen-bond donors (Lipinski definition) is 2. The van der Waals surface area contributed by atoms with E-state index in [1.165, 1.54) is 17.4 Å². The topological polar surface area (TPSA) is 83.5 Å². The molecule has 0 atom stereocenters. The number of carbonyl (C=O) groups is 3. The predicted molar refractivity (Wildman–Crippen MR) is 125 cm³/mol. The molecule has 0 aliphatic carbocycles. The molecule has 1 aromatic heterocycles. The van der Waals surface area contributed by atoms with Gasteiger partial charge in [-0.05, 0) is 44.1 Å². The van der Waals surface area contributed by atoms with Crippen molar-refractivity contribution in [2.24, 2.45) is 0 Å². The van der Waals surface area contributed by atoms with Gasteiger partial charge in [0.25, 0.3) is 0 Å². The number of nitrogens with one attached hydrogen (secondary N) is 1. The van der Waals surface area contributed by atoms with Crippen LogP contribution in [0.1, 0.15) is 61.6 Å². The minimum absolute atomic E-state index is 0.0217. The lowest BCUT2D eigenvalue weighted by Crippen LogP contribution is -2.11. The van der Waals surface area contributed by atoms with E-state index in [4.69, 9.17) is 11.6 Å². The van der Waals surface area contributed by atoms with Crippen molar-refractivity contribution in [2.75, 3.05) is 13.6 Å². The Labute approximate surface area is 190 Å². The Morgan fingerprint density at radius 3 is 2.52 bits per heavy atom. The van der Waals surface area contributed by atoms with Gasteiger partial charge in [0.15, 0.2) is 11.6 Å². The maximum Gasteiger partial charge on any atom is 0.335 e. The SMILES string of the molecule is CNCCCCCC(=O)c1ccc(CC(=O)c2sc3ccccc3c2Cl)c(C(=O)O)c1. The molecule has 5 nitrogen and oxygen atoms in total. The number of halogens is 1. The average molecular weight is 458 g/mol. The normalized spacial score (nSPS) is 11.0. The molecule has 0 bridgehead atoms. The highest BCUT2D eigenvalue weighted by molar-refractivity contribution is 7.21. The number of ketones is 2. The van der Waals surface area contributed by atoms with Crippen LogP contribution in [0.4, 0.5) is 0 Å². The Kier molecular flexibility index (Phi) is 7.96. The third-order valence-electron chi connectivity index (χ3n) is 5.13. The van der Waals surface area contributed by atoms with Gasteiger partial charge in [0, 0.05) is 28.5 Å². The van der Waals surface area contributed by atoms with E-state index >= 15 is 0 Å². The molecule has 0 spiro atoms. The van der Waals surface area contributed by atoms with Crippen LogP contribution in [0.2, 0.25) is 5.02 Å². The van der Waals surface area contributed by atoms with Gasteiger partial charge < -0.3 is 10.4 Å².